The monoisotopic (exact) mass is 368 g/mol. The van der Waals surface area contributed by atoms with Crippen LogP contribution in [0.5, 0.6) is 5.75 Å². The number of benzene rings is 2. The number of halogens is 1. The van der Waals surface area contributed by atoms with Crippen LogP contribution in [0.15, 0.2) is 63.0 Å². The molecule has 0 heterocycles. The smallest absolute Gasteiger partial charge is 0.276 e. The van der Waals surface area contributed by atoms with Gasteiger partial charge in [0.25, 0.3) is 10.0 Å². The van der Waals surface area contributed by atoms with Crippen molar-refractivity contribution in [3.8, 4) is 5.75 Å². The zero-order valence-corrected chi connectivity index (χ0v) is 13.6. The van der Waals surface area contributed by atoms with Gasteiger partial charge in [0.05, 0.1) is 22.7 Å². The highest BCUT2D eigenvalue weighted by Gasteiger charge is 2.11. The number of methoxy groups -OCH3 is 1. The van der Waals surface area contributed by atoms with Gasteiger partial charge in [-0.1, -0.05) is 18.2 Å². The van der Waals surface area contributed by atoms with Crippen molar-refractivity contribution in [2.24, 2.45) is 5.10 Å². The van der Waals surface area contributed by atoms with Gasteiger partial charge in [0.2, 0.25) is 0 Å². The van der Waals surface area contributed by atoms with Crippen LogP contribution in [-0.4, -0.2) is 21.7 Å². The SMILES string of the molecule is COc1ccc(/C=N\NS(=O)(=O)c2ccccc2)cc1Br. The van der Waals surface area contributed by atoms with Gasteiger partial charge < -0.3 is 4.74 Å². The van der Waals surface area contributed by atoms with E-state index in [2.05, 4.69) is 25.9 Å². The van der Waals surface area contributed by atoms with E-state index >= 15 is 0 Å². The molecule has 0 spiro atoms. The van der Waals surface area contributed by atoms with Crippen molar-refractivity contribution >= 4 is 32.2 Å². The largest absolute Gasteiger partial charge is 0.496 e. The zero-order chi connectivity index (χ0) is 15.3. The van der Waals surface area contributed by atoms with E-state index in [1.165, 1.54) is 18.3 Å². The van der Waals surface area contributed by atoms with Gasteiger partial charge in [-0.15, -0.1) is 0 Å². The zero-order valence-electron chi connectivity index (χ0n) is 11.2. The molecule has 0 unspecified atom stereocenters. The van der Waals surface area contributed by atoms with Gasteiger partial charge in [-0.25, -0.2) is 4.83 Å². The Morgan fingerprint density at radius 1 is 1.19 bits per heavy atom. The molecule has 1 N–H and O–H groups in total. The Bertz CT molecular complexity index is 746. The molecule has 0 radical (unpaired) electrons. The van der Waals surface area contributed by atoms with Crippen LogP contribution in [0.1, 0.15) is 5.56 Å². The summed E-state index contributed by atoms with van der Waals surface area (Å²) in [5, 5.41) is 3.76. The Morgan fingerprint density at radius 3 is 2.52 bits per heavy atom. The number of rotatable bonds is 5. The highest BCUT2D eigenvalue weighted by atomic mass is 79.9. The summed E-state index contributed by atoms with van der Waals surface area (Å²) < 4.78 is 29.7. The van der Waals surface area contributed by atoms with Gasteiger partial charge >= 0.3 is 0 Å². The Balaban J connectivity index is 2.11. The molecule has 0 saturated carbocycles. The Kier molecular flexibility index (Phi) is 4.98. The molecule has 2 aromatic carbocycles. The number of hydrogen-bond donors (Lipinski definition) is 1. The summed E-state index contributed by atoms with van der Waals surface area (Å²) >= 11 is 3.35. The first-order valence-electron chi connectivity index (χ1n) is 5.96. The molecule has 0 saturated heterocycles. The van der Waals surface area contributed by atoms with E-state index < -0.39 is 10.0 Å². The molecule has 0 aromatic heterocycles. The highest BCUT2D eigenvalue weighted by Crippen LogP contribution is 2.24. The lowest BCUT2D eigenvalue weighted by atomic mass is 10.2. The molecule has 21 heavy (non-hydrogen) atoms. The molecule has 0 aliphatic rings. The predicted molar refractivity (Wildman–Crippen MR) is 85.1 cm³/mol. The molecule has 0 atom stereocenters. The van der Waals surface area contributed by atoms with Gasteiger partial charge in [-0.05, 0) is 51.8 Å². The lowest BCUT2D eigenvalue weighted by Gasteiger charge is -2.04. The van der Waals surface area contributed by atoms with Crippen molar-refractivity contribution in [1.29, 1.82) is 0 Å². The summed E-state index contributed by atoms with van der Waals surface area (Å²) in [7, 11) is -2.07. The molecule has 110 valence electrons. The standard InChI is InChI=1S/C14H13BrN2O3S/c1-20-14-8-7-11(9-13(14)15)10-16-17-21(18,19)12-5-3-2-4-6-12/h2-10,17H,1H3/b16-10-. The van der Waals surface area contributed by atoms with Gasteiger partial charge in [-0.3, -0.25) is 0 Å². The number of sulfonamides is 1. The van der Waals surface area contributed by atoms with E-state index in [9.17, 15) is 8.42 Å². The van der Waals surface area contributed by atoms with Crippen LogP contribution in [0.4, 0.5) is 0 Å². The summed E-state index contributed by atoms with van der Waals surface area (Å²) in [4.78, 5) is 2.33. The van der Waals surface area contributed by atoms with Gasteiger partial charge in [0.15, 0.2) is 0 Å². The second-order valence-corrected chi connectivity index (χ2v) is 6.58. The van der Waals surface area contributed by atoms with E-state index in [4.69, 9.17) is 4.74 Å². The van der Waals surface area contributed by atoms with Crippen molar-refractivity contribution in [1.82, 2.24) is 4.83 Å². The molecule has 5 nitrogen and oxygen atoms in total. The average molecular weight is 369 g/mol. The van der Waals surface area contributed by atoms with Gasteiger partial charge in [0.1, 0.15) is 5.75 Å². The summed E-state index contributed by atoms with van der Waals surface area (Å²) in [6, 6.07) is 13.4. The first-order valence-corrected chi connectivity index (χ1v) is 8.24. The Hall–Kier alpha value is -1.86. The van der Waals surface area contributed by atoms with Crippen LogP contribution >= 0.6 is 15.9 Å². The maximum atomic E-state index is 11.9. The minimum Gasteiger partial charge on any atom is -0.496 e. The van der Waals surface area contributed by atoms with E-state index in [1.807, 2.05) is 0 Å². The fraction of sp³-hybridized carbons (Fsp3) is 0.0714. The molecular formula is C14H13BrN2O3S. The van der Waals surface area contributed by atoms with E-state index in [0.717, 1.165) is 10.0 Å². The van der Waals surface area contributed by atoms with Crippen LogP contribution in [0.3, 0.4) is 0 Å². The third-order valence-electron chi connectivity index (χ3n) is 2.62. The topological polar surface area (TPSA) is 67.8 Å². The molecule has 0 aliphatic carbocycles. The van der Waals surface area contributed by atoms with Crippen LogP contribution in [0, 0.1) is 0 Å². The van der Waals surface area contributed by atoms with Crippen LogP contribution in [-0.2, 0) is 10.0 Å². The van der Waals surface area contributed by atoms with Gasteiger partial charge in [0, 0.05) is 0 Å². The molecule has 7 heteroatoms. The molecule has 0 bridgehead atoms. The summed E-state index contributed by atoms with van der Waals surface area (Å²) in [6.45, 7) is 0. The maximum Gasteiger partial charge on any atom is 0.276 e. The molecule has 0 fully saturated rings. The average Bonchev–Trinajstić information content (AvgIpc) is 2.48. The van der Waals surface area contributed by atoms with E-state index in [-0.39, 0.29) is 4.90 Å². The second kappa shape index (κ2) is 6.73. The third kappa shape index (κ3) is 4.05. The van der Waals surface area contributed by atoms with Crippen molar-refractivity contribution in [2.75, 3.05) is 7.11 Å². The number of ether oxygens (including phenoxy) is 1. The van der Waals surface area contributed by atoms with Crippen molar-refractivity contribution in [3.05, 3.63) is 58.6 Å². The fourth-order valence-electron chi connectivity index (χ4n) is 1.59. The van der Waals surface area contributed by atoms with E-state index in [0.29, 0.717) is 5.75 Å². The lowest BCUT2D eigenvalue weighted by Crippen LogP contribution is -2.18. The van der Waals surface area contributed by atoms with Gasteiger partial charge in [-0.2, -0.15) is 13.5 Å². The highest BCUT2D eigenvalue weighted by molar-refractivity contribution is 9.10. The Morgan fingerprint density at radius 2 is 1.90 bits per heavy atom. The molecule has 2 rings (SSSR count). The minimum atomic E-state index is -3.64. The quantitative estimate of drug-likeness (QED) is 0.651. The van der Waals surface area contributed by atoms with Crippen LogP contribution < -0.4 is 9.57 Å². The van der Waals surface area contributed by atoms with Crippen LogP contribution in [0.25, 0.3) is 0 Å². The number of nitrogens with one attached hydrogen (secondary N) is 1. The lowest BCUT2D eigenvalue weighted by molar-refractivity contribution is 0.412. The van der Waals surface area contributed by atoms with E-state index in [1.54, 1.807) is 43.5 Å². The Labute approximate surface area is 131 Å². The number of hydrazone groups is 1. The van der Waals surface area contributed by atoms with Crippen LogP contribution in [0.2, 0.25) is 0 Å². The fourth-order valence-corrected chi connectivity index (χ4v) is 2.96. The maximum absolute atomic E-state index is 11.9. The minimum absolute atomic E-state index is 0.165. The molecule has 0 amide bonds. The molecule has 2 aromatic rings. The number of nitrogens with zero attached hydrogens (tertiary/aromatic N) is 1. The second-order valence-electron chi connectivity index (χ2n) is 4.06. The summed E-state index contributed by atoms with van der Waals surface area (Å²) in [5.74, 6) is 0.692. The summed E-state index contributed by atoms with van der Waals surface area (Å²) in [6.07, 6.45) is 1.42. The normalized spacial score (nSPS) is 11.5. The number of hydrogen-bond acceptors (Lipinski definition) is 4. The van der Waals surface area contributed by atoms with Crippen molar-refractivity contribution in [2.45, 2.75) is 4.90 Å². The molecule has 0 aliphatic heterocycles. The first-order chi connectivity index (χ1) is 10.0. The van der Waals surface area contributed by atoms with Crippen molar-refractivity contribution < 1.29 is 13.2 Å². The first kappa shape index (κ1) is 15.5. The third-order valence-corrected chi connectivity index (χ3v) is 4.47. The predicted octanol–water partition coefficient (Wildman–Crippen LogP) is 2.77. The molecular weight excluding hydrogens is 356 g/mol. The van der Waals surface area contributed by atoms with Crippen molar-refractivity contribution in [3.63, 3.8) is 0 Å². The summed E-state index contributed by atoms with van der Waals surface area (Å²) in [5.41, 5.74) is 0.735.